The molecule has 0 bridgehead atoms. The van der Waals surface area contributed by atoms with Gasteiger partial charge in [0, 0.05) is 16.5 Å². The normalized spacial score (nSPS) is 11.7. The monoisotopic (exact) mass is 409 g/mol. The van der Waals surface area contributed by atoms with Crippen molar-refractivity contribution < 1.29 is 14.3 Å². The molecule has 0 fully saturated rings. The molecule has 0 aromatic heterocycles. The van der Waals surface area contributed by atoms with Gasteiger partial charge in [-0.15, -0.1) is 0 Å². The Morgan fingerprint density at radius 2 is 1.67 bits per heavy atom. The average Bonchev–Trinajstić information content (AvgIpc) is 2.63. The molecule has 1 atom stereocenters. The molecule has 0 spiro atoms. The first-order valence-electron chi connectivity index (χ1n) is 9.08. The van der Waals surface area contributed by atoms with E-state index in [-0.39, 0.29) is 11.9 Å². The molecule has 0 radical (unpaired) electrons. The maximum absolute atomic E-state index is 12.3. The number of benzene rings is 2. The minimum absolute atomic E-state index is 0.0645. The standard InChI is InChI=1S/C21H25Cl2NO3/c1-4-26-19-11-9-15(13-20(19)27-5-2)14(3)24-21(25)12-10-16-17(22)7-6-8-18(16)23/h6-9,11,13-14H,4-5,10,12H2,1-3H3,(H,24,25)/t14-/m1/s1. The molecule has 0 aliphatic rings. The van der Waals surface area contributed by atoms with Crippen molar-refractivity contribution in [1.82, 2.24) is 5.32 Å². The second kappa shape index (κ2) is 10.4. The Kier molecular flexibility index (Phi) is 8.26. The molecular formula is C21H25Cl2NO3. The summed E-state index contributed by atoms with van der Waals surface area (Å²) in [4.78, 5) is 12.3. The van der Waals surface area contributed by atoms with E-state index in [1.165, 1.54) is 0 Å². The van der Waals surface area contributed by atoms with E-state index >= 15 is 0 Å². The summed E-state index contributed by atoms with van der Waals surface area (Å²) >= 11 is 12.3. The van der Waals surface area contributed by atoms with Gasteiger partial charge >= 0.3 is 0 Å². The van der Waals surface area contributed by atoms with E-state index in [0.29, 0.717) is 47.6 Å². The number of hydrogen-bond acceptors (Lipinski definition) is 3. The third-order valence-electron chi connectivity index (χ3n) is 4.11. The van der Waals surface area contributed by atoms with E-state index in [9.17, 15) is 4.79 Å². The van der Waals surface area contributed by atoms with Crippen LogP contribution in [-0.4, -0.2) is 19.1 Å². The van der Waals surface area contributed by atoms with Gasteiger partial charge in [0.1, 0.15) is 0 Å². The molecule has 4 nitrogen and oxygen atoms in total. The smallest absolute Gasteiger partial charge is 0.220 e. The Hall–Kier alpha value is -1.91. The Labute approximate surface area is 170 Å². The van der Waals surface area contributed by atoms with Crippen LogP contribution < -0.4 is 14.8 Å². The Balaban J connectivity index is 2.00. The molecule has 146 valence electrons. The zero-order valence-electron chi connectivity index (χ0n) is 15.9. The van der Waals surface area contributed by atoms with Gasteiger partial charge in [-0.1, -0.05) is 35.3 Å². The van der Waals surface area contributed by atoms with Crippen LogP contribution >= 0.6 is 23.2 Å². The van der Waals surface area contributed by atoms with Crippen molar-refractivity contribution in [1.29, 1.82) is 0 Å². The molecule has 0 aliphatic carbocycles. The summed E-state index contributed by atoms with van der Waals surface area (Å²) < 4.78 is 11.2. The van der Waals surface area contributed by atoms with Crippen LogP contribution in [0.25, 0.3) is 0 Å². The van der Waals surface area contributed by atoms with Gasteiger partial charge < -0.3 is 14.8 Å². The van der Waals surface area contributed by atoms with Gasteiger partial charge in [-0.25, -0.2) is 0 Å². The van der Waals surface area contributed by atoms with Gasteiger partial charge in [-0.2, -0.15) is 0 Å². The van der Waals surface area contributed by atoms with Crippen LogP contribution in [0.2, 0.25) is 10.0 Å². The van der Waals surface area contributed by atoms with Crippen LogP contribution in [0, 0.1) is 0 Å². The van der Waals surface area contributed by atoms with Crippen molar-refractivity contribution in [3.63, 3.8) is 0 Å². The summed E-state index contributed by atoms with van der Waals surface area (Å²) in [6, 6.07) is 10.9. The molecular weight excluding hydrogens is 385 g/mol. The maximum atomic E-state index is 12.3. The van der Waals surface area contributed by atoms with Gasteiger partial charge in [0.2, 0.25) is 5.91 Å². The third-order valence-corrected chi connectivity index (χ3v) is 4.82. The molecule has 0 heterocycles. The number of hydrogen-bond donors (Lipinski definition) is 1. The fraction of sp³-hybridized carbons (Fsp3) is 0.381. The summed E-state index contributed by atoms with van der Waals surface area (Å²) in [5, 5.41) is 4.16. The lowest BCUT2D eigenvalue weighted by Gasteiger charge is -2.18. The van der Waals surface area contributed by atoms with Crippen LogP contribution in [0.3, 0.4) is 0 Å². The lowest BCUT2D eigenvalue weighted by atomic mass is 10.1. The maximum Gasteiger partial charge on any atom is 0.220 e. The van der Waals surface area contributed by atoms with Crippen molar-refractivity contribution in [2.24, 2.45) is 0 Å². The Bertz CT molecular complexity index is 760. The minimum Gasteiger partial charge on any atom is -0.490 e. The predicted molar refractivity (Wildman–Crippen MR) is 110 cm³/mol. The predicted octanol–water partition coefficient (Wildman–Crippen LogP) is 5.60. The second-order valence-corrected chi connectivity index (χ2v) is 6.88. The number of carbonyl (C=O) groups is 1. The molecule has 0 saturated heterocycles. The lowest BCUT2D eigenvalue weighted by molar-refractivity contribution is -0.121. The summed E-state index contributed by atoms with van der Waals surface area (Å²) in [5.41, 5.74) is 1.74. The number of amides is 1. The number of rotatable bonds is 9. The highest BCUT2D eigenvalue weighted by atomic mass is 35.5. The van der Waals surface area contributed by atoms with Gasteiger partial charge in [0.25, 0.3) is 0 Å². The first kappa shape index (κ1) is 21.4. The van der Waals surface area contributed by atoms with Crippen molar-refractivity contribution in [3.8, 4) is 11.5 Å². The van der Waals surface area contributed by atoms with Crippen molar-refractivity contribution in [2.45, 2.75) is 39.7 Å². The van der Waals surface area contributed by atoms with Crippen LogP contribution in [-0.2, 0) is 11.2 Å². The van der Waals surface area contributed by atoms with E-state index in [2.05, 4.69) is 5.32 Å². The molecule has 27 heavy (non-hydrogen) atoms. The quantitative estimate of drug-likeness (QED) is 0.585. The number of ether oxygens (including phenoxy) is 2. The largest absolute Gasteiger partial charge is 0.490 e. The van der Waals surface area contributed by atoms with Crippen molar-refractivity contribution in [2.75, 3.05) is 13.2 Å². The van der Waals surface area contributed by atoms with E-state index < -0.39 is 0 Å². The zero-order chi connectivity index (χ0) is 19.8. The van der Waals surface area contributed by atoms with Crippen LogP contribution in [0.15, 0.2) is 36.4 Å². The first-order chi connectivity index (χ1) is 13.0. The zero-order valence-corrected chi connectivity index (χ0v) is 17.4. The fourth-order valence-corrected chi connectivity index (χ4v) is 3.33. The average molecular weight is 410 g/mol. The molecule has 1 N–H and O–H groups in total. The van der Waals surface area contributed by atoms with Crippen molar-refractivity contribution in [3.05, 3.63) is 57.6 Å². The third kappa shape index (κ3) is 6.05. The summed E-state index contributed by atoms with van der Waals surface area (Å²) in [6.45, 7) is 6.90. The second-order valence-electron chi connectivity index (χ2n) is 6.06. The van der Waals surface area contributed by atoms with Gasteiger partial charge in [0.15, 0.2) is 11.5 Å². The summed E-state index contributed by atoms with van der Waals surface area (Å²) in [5.74, 6) is 1.32. The first-order valence-corrected chi connectivity index (χ1v) is 9.83. The van der Waals surface area contributed by atoms with E-state index in [1.807, 2.05) is 39.0 Å². The lowest BCUT2D eigenvalue weighted by Crippen LogP contribution is -2.26. The highest BCUT2D eigenvalue weighted by Crippen LogP contribution is 2.31. The van der Waals surface area contributed by atoms with Crippen molar-refractivity contribution >= 4 is 29.1 Å². The van der Waals surface area contributed by atoms with Gasteiger partial charge in [-0.3, -0.25) is 4.79 Å². The highest BCUT2D eigenvalue weighted by molar-refractivity contribution is 6.36. The Morgan fingerprint density at radius 3 is 2.30 bits per heavy atom. The van der Waals surface area contributed by atoms with E-state index in [1.54, 1.807) is 18.2 Å². The Morgan fingerprint density at radius 1 is 1.04 bits per heavy atom. The van der Waals surface area contributed by atoms with E-state index in [0.717, 1.165) is 11.1 Å². The molecule has 2 aromatic carbocycles. The molecule has 1 amide bonds. The van der Waals surface area contributed by atoms with Gasteiger partial charge in [0.05, 0.1) is 19.3 Å². The van der Waals surface area contributed by atoms with Gasteiger partial charge in [-0.05, 0) is 62.6 Å². The molecule has 0 unspecified atom stereocenters. The van der Waals surface area contributed by atoms with Crippen LogP contribution in [0.5, 0.6) is 11.5 Å². The minimum atomic E-state index is -0.158. The molecule has 2 aromatic rings. The molecule has 0 aliphatic heterocycles. The fourth-order valence-electron chi connectivity index (χ4n) is 2.74. The SMILES string of the molecule is CCOc1ccc([C@@H](C)NC(=O)CCc2c(Cl)cccc2Cl)cc1OCC. The topological polar surface area (TPSA) is 47.6 Å². The highest BCUT2D eigenvalue weighted by Gasteiger charge is 2.14. The molecule has 2 rings (SSSR count). The summed E-state index contributed by atoms with van der Waals surface area (Å²) in [6.07, 6.45) is 0.799. The number of halogens is 2. The molecule has 0 saturated carbocycles. The molecule has 6 heteroatoms. The summed E-state index contributed by atoms with van der Waals surface area (Å²) in [7, 11) is 0. The van der Waals surface area contributed by atoms with Crippen LogP contribution in [0.4, 0.5) is 0 Å². The van der Waals surface area contributed by atoms with E-state index in [4.69, 9.17) is 32.7 Å². The number of nitrogens with one attached hydrogen (secondary N) is 1. The number of carbonyl (C=O) groups excluding carboxylic acids is 1. The van der Waals surface area contributed by atoms with Crippen LogP contribution in [0.1, 0.15) is 44.4 Å².